The first-order valence-electron chi connectivity index (χ1n) is 6.19. The minimum atomic E-state index is 0.322. The maximum absolute atomic E-state index is 6.20. The second-order valence-corrected chi connectivity index (χ2v) is 4.95. The van der Waals surface area contributed by atoms with Crippen molar-refractivity contribution in [1.82, 2.24) is 9.97 Å². The molecule has 2 rings (SSSR count). The van der Waals surface area contributed by atoms with E-state index in [-0.39, 0.29) is 0 Å². The Morgan fingerprint density at radius 2 is 1.85 bits per heavy atom. The van der Waals surface area contributed by atoms with Gasteiger partial charge in [-0.15, -0.1) is 9.97 Å². The summed E-state index contributed by atoms with van der Waals surface area (Å²) in [5.74, 6) is 0.777. The maximum Gasteiger partial charge on any atom is 0.354 e. The molecular formula is C14H17ClN5+. The van der Waals surface area contributed by atoms with Crippen molar-refractivity contribution < 1.29 is 4.99 Å². The minimum absolute atomic E-state index is 0.322. The summed E-state index contributed by atoms with van der Waals surface area (Å²) >= 11 is 6.20. The highest BCUT2D eigenvalue weighted by atomic mass is 35.5. The zero-order valence-electron chi connectivity index (χ0n) is 11.7. The molecule has 0 saturated heterocycles. The predicted molar refractivity (Wildman–Crippen MR) is 81.1 cm³/mol. The molecule has 5 nitrogen and oxygen atoms in total. The largest absolute Gasteiger partial charge is 0.354 e. The molecule has 104 valence electrons. The third-order valence-corrected chi connectivity index (χ3v) is 3.19. The Hall–Kier alpha value is -2.14. The number of nitrogens with zero attached hydrogens (tertiary/aromatic N) is 2. The third-order valence-electron chi connectivity index (χ3n) is 2.69. The van der Waals surface area contributed by atoms with E-state index in [9.17, 15) is 0 Å². The third kappa shape index (κ3) is 3.45. The van der Waals surface area contributed by atoms with Gasteiger partial charge >= 0.3 is 5.95 Å². The van der Waals surface area contributed by atoms with Crippen molar-refractivity contribution in [3.63, 3.8) is 0 Å². The van der Waals surface area contributed by atoms with E-state index >= 15 is 0 Å². The van der Waals surface area contributed by atoms with E-state index in [1.807, 2.05) is 45.0 Å². The standard InChI is InChI=1S/C14H16ClN5/c1-8-5-4-6-11(12(8)15)19-13(16)20-14-17-9(2)7-10(3)18-14/h4-7H,1-3H3,(H3,16,17,18,19,20)/p+1. The number of rotatable bonds is 2. The van der Waals surface area contributed by atoms with Crippen LogP contribution in [-0.4, -0.2) is 15.9 Å². The van der Waals surface area contributed by atoms with E-state index in [0.717, 1.165) is 22.6 Å². The van der Waals surface area contributed by atoms with Crippen LogP contribution in [0, 0.1) is 20.8 Å². The van der Waals surface area contributed by atoms with E-state index in [1.165, 1.54) is 0 Å². The normalized spacial score (nSPS) is 11.5. The summed E-state index contributed by atoms with van der Waals surface area (Å²) in [6.07, 6.45) is 0. The van der Waals surface area contributed by atoms with Gasteiger partial charge in [0.1, 0.15) is 0 Å². The van der Waals surface area contributed by atoms with Crippen LogP contribution in [0.25, 0.3) is 0 Å². The molecule has 1 heterocycles. The van der Waals surface area contributed by atoms with Crippen LogP contribution in [0.15, 0.2) is 24.3 Å². The molecule has 2 aromatic rings. The van der Waals surface area contributed by atoms with Crippen LogP contribution >= 0.6 is 11.6 Å². The zero-order valence-corrected chi connectivity index (χ0v) is 12.4. The Labute approximate surface area is 122 Å². The van der Waals surface area contributed by atoms with Gasteiger partial charge in [-0.25, -0.2) is 4.99 Å². The van der Waals surface area contributed by atoms with E-state index in [2.05, 4.69) is 20.3 Å². The van der Waals surface area contributed by atoms with Gasteiger partial charge in [0.25, 0.3) is 5.96 Å². The highest BCUT2D eigenvalue weighted by Gasteiger charge is 2.08. The molecule has 0 atom stereocenters. The quantitative estimate of drug-likeness (QED) is 0.574. The van der Waals surface area contributed by atoms with Crippen molar-refractivity contribution in [2.24, 2.45) is 5.73 Å². The van der Waals surface area contributed by atoms with Gasteiger partial charge in [0, 0.05) is 6.07 Å². The number of nitrogens with two attached hydrogens (primary N) is 1. The van der Waals surface area contributed by atoms with E-state index < -0.39 is 0 Å². The fourth-order valence-corrected chi connectivity index (χ4v) is 2.00. The lowest BCUT2D eigenvalue weighted by Gasteiger charge is -2.05. The van der Waals surface area contributed by atoms with Gasteiger partial charge < -0.3 is 5.73 Å². The number of aromatic nitrogens is 2. The van der Waals surface area contributed by atoms with Crippen molar-refractivity contribution in [2.45, 2.75) is 20.8 Å². The molecule has 0 saturated carbocycles. The Morgan fingerprint density at radius 1 is 1.20 bits per heavy atom. The van der Waals surface area contributed by atoms with Crippen LogP contribution in [-0.2, 0) is 0 Å². The zero-order chi connectivity index (χ0) is 14.7. The Balaban J connectivity index is 2.25. The highest BCUT2D eigenvalue weighted by molar-refractivity contribution is 6.34. The second-order valence-electron chi connectivity index (χ2n) is 4.57. The SMILES string of the molecule is Cc1cc(C)nc([NH+]=C(N)Nc2cccc(C)c2Cl)n1. The highest BCUT2D eigenvalue weighted by Crippen LogP contribution is 2.24. The molecule has 0 amide bonds. The summed E-state index contributed by atoms with van der Waals surface area (Å²) in [5.41, 5.74) is 9.38. The summed E-state index contributed by atoms with van der Waals surface area (Å²) in [4.78, 5) is 11.4. The first-order valence-corrected chi connectivity index (χ1v) is 6.57. The molecule has 1 aromatic carbocycles. The Morgan fingerprint density at radius 3 is 2.50 bits per heavy atom. The van der Waals surface area contributed by atoms with Crippen LogP contribution < -0.4 is 16.0 Å². The number of guanidine groups is 1. The molecular weight excluding hydrogens is 274 g/mol. The fourth-order valence-electron chi connectivity index (χ4n) is 1.82. The summed E-state index contributed by atoms with van der Waals surface area (Å²) in [6, 6.07) is 7.59. The van der Waals surface area contributed by atoms with Gasteiger partial charge in [-0.3, -0.25) is 5.32 Å². The molecule has 1 aromatic heterocycles. The predicted octanol–water partition coefficient (Wildman–Crippen LogP) is 1.19. The van der Waals surface area contributed by atoms with Crippen molar-refractivity contribution in [1.29, 1.82) is 0 Å². The average molecular weight is 291 g/mol. The van der Waals surface area contributed by atoms with Crippen molar-refractivity contribution in [3.05, 3.63) is 46.2 Å². The monoisotopic (exact) mass is 290 g/mol. The smallest absolute Gasteiger partial charge is 0.322 e. The van der Waals surface area contributed by atoms with E-state index in [1.54, 1.807) is 0 Å². The maximum atomic E-state index is 6.20. The Bertz CT molecular complexity index is 646. The lowest BCUT2D eigenvalue weighted by Crippen LogP contribution is -2.72. The topological polar surface area (TPSA) is 77.8 Å². The van der Waals surface area contributed by atoms with Crippen LogP contribution in [0.4, 0.5) is 11.6 Å². The number of hydrogen-bond donors (Lipinski definition) is 3. The summed E-state index contributed by atoms with van der Waals surface area (Å²) in [7, 11) is 0. The number of anilines is 1. The summed E-state index contributed by atoms with van der Waals surface area (Å²) in [5, 5.41) is 3.65. The number of benzene rings is 1. The molecule has 0 aliphatic rings. The van der Waals surface area contributed by atoms with Gasteiger partial charge in [0.05, 0.1) is 22.1 Å². The van der Waals surface area contributed by atoms with Crippen LogP contribution in [0.2, 0.25) is 5.02 Å². The molecule has 6 heteroatoms. The number of hydrogen-bond acceptors (Lipinski definition) is 2. The first-order chi connectivity index (χ1) is 9.45. The van der Waals surface area contributed by atoms with Crippen LogP contribution in [0.5, 0.6) is 0 Å². The molecule has 0 radical (unpaired) electrons. The van der Waals surface area contributed by atoms with E-state index in [0.29, 0.717) is 16.9 Å². The van der Waals surface area contributed by atoms with E-state index in [4.69, 9.17) is 17.3 Å². The lowest BCUT2D eigenvalue weighted by atomic mass is 10.2. The number of halogens is 1. The van der Waals surface area contributed by atoms with Crippen LogP contribution in [0.3, 0.4) is 0 Å². The first kappa shape index (κ1) is 14.3. The molecule has 0 unspecified atom stereocenters. The summed E-state index contributed by atoms with van der Waals surface area (Å²) < 4.78 is 0. The van der Waals surface area contributed by atoms with Crippen LogP contribution in [0.1, 0.15) is 17.0 Å². The molecule has 0 aliphatic heterocycles. The minimum Gasteiger partial charge on any atom is -0.322 e. The number of nitrogens with one attached hydrogen (secondary N) is 2. The average Bonchev–Trinajstić information content (AvgIpc) is 2.33. The van der Waals surface area contributed by atoms with Crippen molar-refractivity contribution in [3.8, 4) is 0 Å². The van der Waals surface area contributed by atoms with Gasteiger partial charge in [-0.05, 0) is 32.4 Å². The Kier molecular flexibility index (Phi) is 4.20. The molecule has 0 aliphatic carbocycles. The molecule has 0 spiro atoms. The van der Waals surface area contributed by atoms with Gasteiger partial charge in [0.2, 0.25) is 0 Å². The molecule has 0 fully saturated rings. The van der Waals surface area contributed by atoms with Gasteiger partial charge in [-0.2, -0.15) is 0 Å². The van der Waals surface area contributed by atoms with Crippen molar-refractivity contribution in [2.75, 3.05) is 5.32 Å². The number of aryl methyl sites for hydroxylation is 3. The second kappa shape index (κ2) is 5.88. The van der Waals surface area contributed by atoms with Gasteiger partial charge in [0.15, 0.2) is 0 Å². The lowest BCUT2D eigenvalue weighted by molar-refractivity contribution is -0.365. The molecule has 4 N–H and O–H groups in total. The van der Waals surface area contributed by atoms with Gasteiger partial charge in [-0.1, -0.05) is 23.7 Å². The molecule has 20 heavy (non-hydrogen) atoms. The van der Waals surface area contributed by atoms with Crippen molar-refractivity contribution >= 4 is 29.2 Å². The fraction of sp³-hybridized carbons (Fsp3) is 0.214. The summed E-state index contributed by atoms with van der Waals surface area (Å²) in [6.45, 7) is 5.74. The molecule has 0 bridgehead atoms.